The summed E-state index contributed by atoms with van der Waals surface area (Å²) < 4.78 is 1.34. The van der Waals surface area contributed by atoms with Gasteiger partial charge in [0.2, 0.25) is 0 Å². The molecule has 0 aromatic carbocycles. The van der Waals surface area contributed by atoms with Crippen LogP contribution in [0.4, 0.5) is 0 Å². The van der Waals surface area contributed by atoms with Crippen molar-refractivity contribution in [3.63, 3.8) is 0 Å². The Labute approximate surface area is 135 Å². The molecular formula is C15H27IN2S. The molecule has 0 aliphatic rings. The Morgan fingerprint density at radius 2 is 1.79 bits per heavy atom. The minimum Gasteiger partial charge on any atom is -0.271 e. The lowest BCUT2D eigenvalue weighted by Gasteiger charge is -2.14. The first kappa shape index (κ1) is 17.4. The van der Waals surface area contributed by atoms with Crippen molar-refractivity contribution in [1.29, 1.82) is 0 Å². The lowest BCUT2D eigenvalue weighted by atomic mass is 10.0. The molecule has 0 saturated carbocycles. The highest BCUT2D eigenvalue weighted by Gasteiger charge is 2.10. The fourth-order valence-electron chi connectivity index (χ4n) is 2.33. The summed E-state index contributed by atoms with van der Waals surface area (Å²) in [5.74, 6) is 5.66. The summed E-state index contributed by atoms with van der Waals surface area (Å²) in [7, 11) is 0. The minimum atomic E-state index is 0.333. The van der Waals surface area contributed by atoms with E-state index in [4.69, 9.17) is 5.84 Å². The Bertz CT molecular complexity index is 328. The summed E-state index contributed by atoms with van der Waals surface area (Å²) >= 11 is 4.16. The highest BCUT2D eigenvalue weighted by atomic mass is 127. The van der Waals surface area contributed by atoms with Crippen molar-refractivity contribution in [3.05, 3.63) is 19.9 Å². The smallest absolute Gasteiger partial charge is 0.0656 e. The van der Waals surface area contributed by atoms with Crippen LogP contribution in [-0.2, 0) is 0 Å². The predicted molar refractivity (Wildman–Crippen MR) is 94.3 cm³/mol. The first-order valence-electron chi connectivity index (χ1n) is 7.48. The van der Waals surface area contributed by atoms with Gasteiger partial charge in [0.15, 0.2) is 0 Å². The standard InChI is InChI=1S/C15H27IN2S/c1-2-3-4-5-6-7-8-9-10-14(18-17)13-11-15(16)19-12-13/h11-12,14,18H,2-10,17H2,1H3. The van der Waals surface area contributed by atoms with Crippen LogP contribution in [0.3, 0.4) is 0 Å². The van der Waals surface area contributed by atoms with Crippen LogP contribution < -0.4 is 11.3 Å². The highest BCUT2D eigenvalue weighted by molar-refractivity contribution is 14.1. The van der Waals surface area contributed by atoms with E-state index in [1.165, 1.54) is 59.8 Å². The van der Waals surface area contributed by atoms with E-state index >= 15 is 0 Å². The second kappa shape index (κ2) is 11.1. The topological polar surface area (TPSA) is 38.0 Å². The average molecular weight is 394 g/mol. The van der Waals surface area contributed by atoms with Crippen molar-refractivity contribution >= 4 is 33.9 Å². The van der Waals surface area contributed by atoms with Crippen LogP contribution in [0.25, 0.3) is 0 Å². The van der Waals surface area contributed by atoms with Crippen LogP contribution in [0.1, 0.15) is 76.3 Å². The zero-order valence-electron chi connectivity index (χ0n) is 12.0. The maximum absolute atomic E-state index is 5.66. The highest BCUT2D eigenvalue weighted by Crippen LogP contribution is 2.25. The molecule has 0 amide bonds. The van der Waals surface area contributed by atoms with Crippen molar-refractivity contribution in [2.75, 3.05) is 0 Å². The quantitative estimate of drug-likeness (QED) is 0.229. The van der Waals surface area contributed by atoms with Gasteiger partial charge in [-0.3, -0.25) is 11.3 Å². The first-order chi connectivity index (χ1) is 9.27. The van der Waals surface area contributed by atoms with Crippen LogP contribution in [0, 0.1) is 2.88 Å². The Morgan fingerprint density at radius 1 is 1.16 bits per heavy atom. The van der Waals surface area contributed by atoms with E-state index in [0.717, 1.165) is 6.42 Å². The maximum atomic E-state index is 5.66. The molecule has 19 heavy (non-hydrogen) atoms. The number of hydrogen-bond acceptors (Lipinski definition) is 3. The maximum Gasteiger partial charge on any atom is 0.0656 e. The Hall–Kier alpha value is 0.350. The Kier molecular flexibility index (Phi) is 10.1. The van der Waals surface area contributed by atoms with Gasteiger partial charge in [-0.2, -0.15) is 0 Å². The summed E-state index contributed by atoms with van der Waals surface area (Å²) in [6, 6.07) is 2.57. The number of nitrogens with one attached hydrogen (secondary N) is 1. The number of thiophene rings is 1. The molecule has 4 heteroatoms. The van der Waals surface area contributed by atoms with Gasteiger partial charge in [0.05, 0.1) is 2.88 Å². The van der Waals surface area contributed by atoms with E-state index < -0.39 is 0 Å². The Morgan fingerprint density at radius 3 is 2.32 bits per heavy atom. The minimum absolute atomic E-state index is 0.333. The van der Waals surface area contributed by atoms with Gasteiger partial charge in [-0.05, 0) is 46.0 Å². The molecule has 0 fully saturated rings. The zero-order chi connectivity index (χ0) is 13.9. The van der Waals surface area contributed by atoms with Gasteiger partial charge in [0.25, 0.3) is 0 Å². The lowest BCUT2D eigenvalue weighted by Crippen LogP contribution is -2.27. The fraction of sp³-hybridized carbons (Fsp3) is 0.733. The van der Waals surface area contributed by atoms with Crippen molar-refractivity contribution in [3.8, 4) is 0 Å². The summed E-state index contributed by atoms with van der Waals surface area (Å²) in [4.78, 5) is 0. The van der Waals surface area contributed by atoms with Crippen molar-refractivity contribution in [1.82, 2.24) is 5.43 Å². The third kappa shape index (κ3) is 7.63. The SMILES string of the molecule is CCCCCCCCCCC(NN)c1csc(I)c1. The summed E-state index contributed by atoms with van der Waals surface area (Å²) in [5, 5.41) is 2.22. The zero-order valence-corrected chi connectivity index (χ0v) is 14.9. The number of rotatable bonds is 11. The van der Waals surface area contributed by atoms with E-state index in [1.54, 1.807) is 11.3 Å². The van der Waals surface area contributed by atoms with Crippen molar-refractivity contribution in [2.45, 2.75) is 70.8 Å². The van der Waals surface area contributed by atoms with Gasteiger partial charge < -0.3 is 0 Å². The van der Waals surface area contributed by atoms with Crippen LogP contribution in [0.2, 0.25) is 0 Å². The Balaban J connectivity index is 2.07. The fourth-order valence-corrected chi connectivity index (χ4v) is 3.76. The van der Waals surface area contributed by atoms with Gasteiger partial charge in [-0.15, -0.1) is 11.3 Å². The third-order valence-electron chi connectivity index (χ3n) is 3.54. The van der Waals surface area contributed by atoms with Crippen LogP contribution in [0.15, 0.2) is 11.4 Å². The largest absolute Gasteiger partial charge is 0.271 e. The molecule has 0 spiro atoms. The molecular weight excluding hydrogens is 367 g/mol. The summed E-state index contributed by atoms with van der Waals surface area (Å²) in [5.41, 5.74) is 4.30. The molecule has 1 rings (SSSR count). The normalized spacial score (nSPS) is 12.8. The third-order valence-corrected chi connectivity index (χ3v) is 5.34. The van der Waals surface area contributed by atoms with Crippen molar-refractivity contribution < 1.29 is 0 Å². The molecule has 110 valence electrons. The number of unbranched alkanes of at least 4 members (excludes halogenated alkanes) is 7. The summed E-state index contributed by atoms with van der Waals surface area (Å²) in [6.45, 7) is 2.27. The average Bonchev–Trinajstić information content (AvgIpc) is 2.83. The molecule has 0 bridgehead atoms. The second-order valence-electron chi connectivity index (χ2n) is 5.17. The van der Waals surface area contributed by atoms with Crippen LogP contribution in [0.5, 0.6) is 0 Å². The van der Waals surface area contributed by atoms with Crippen molar-refractivity contribution in [2.24, 2.45) is 5.84 Å². The molecule has 0 aliphatic carbocycles. The van der Waals surface area contributed by atoms with Gasteiger partial charge in [-0.25, -0.2) is 0 Å². The van der Waals surface area contributed by atoms with Crippen LogP contribution >= 0.6 is 33.9 Å². The molecule has 0 radical (unpaired) electrons. The molecule has 1 aromatic heterocycles. The first-order valence-corrected chi connectivity index (χ1v) is 9.43. The lowest BCUT2D eigenvalue weighted by molar-refractivity contribution is 0.476. The number of hydrogen-bond donors (Lipinski definition) is 2. The van der Waals surface area contributed by atoms with Crippen LogP contribution in [-0.4, -0.2) is 0 Å². The van der Waals surface area contributed by atoms with E-state index in [2.05, 4.69) is 46.4 Å². The molecule has 1 unspecified atom stereocenters. The molecule has 3 N–H and O–H groups in total. The van der Waals surface area contributed by atoms with Gasteiger partial charge in [0.1, 0.15) is 0 Å². The molecule has 0 aliphatic heterocycles. The monoisotopic (exact) mass is 394 g/mol. The van der Waals surface area contributed by atoms with E-state index in [-0.39, 0.29) is 0 Å². The predicted octanol–water partition coefficient (Wildman–Crippen LogP) is 5.39. The van der Waals surface area contributed by atoms with Gasteiger partial charge >= 0.3 is 0 Å². The number of hydrazine groups is 1. The molecule has 1 aromatic rings. The molecule has 1 atom stereocenters. The molecule has 1 heterocycles. The van der Waals surface area contributed by atoms with E-state index in [0.29, 0.717) is 6.04 Å². The number of halogens is 1. The molecule has 2 nitrogen and oxygen atoms in total. The summed E-state index contributed by atoms with van der Waals surface area (Å²) in [6.07, 6.45) is 12.1. The number of nitrogens with two attached hydrogens (primary N) is 1. The second-order valence-corrected chi connectivity index (χ2v) is 7.97. The van der Waals surface area contributed by atoms with Gasteiger partial charge in [0, 0.05) is 6.04 Å². The van der Waals surface area contributed by atoms with E-state index in [1.807, 2.05) is 0 Å². The van der Waals surface area contributed by atoms with Gasteiger partial charge in [-0.1, -0.05) is 58.3 Å². The van der Waals surface area contributed by atoms with E-state index in [9.17, 15) is 0 Å². The molecule has 0 saturated heterocycles.